The number of carbonyl (C=O) groups is 1. The number of anilines is 1. The van der Waals surface area contributed by atoms with Gasteiger partial charge in [0.25, 0.3) is 0 Å². The molecule has 4 rings (SSSR count). The van der Waals surface area contributed by atoms with Crippen LogP contribution in [0.4, 0.5) is 18.9 Å². The Bertz CT molecular complexity index is 1260. The van der Waals surface area contributed by atoms with Crippen LogP contribution >= 0.6 is 0 Å². The molecule has 1 aliphatic heterocycles. The van der Waals surface area contributed by atoms with Gasteiger partial charge in [0.2, 0.25) is 0 Å². The van der Waals surface area contributed by atoms with E-state index in [4.69, 9.17) is 4.74 Å². The zero-order chi connectivity index (χ0) is 27.3. The summed E-state index contributed by atoms with van der Waals surface area (Å²) >= 11 is 0. The number of aliphatic hydroxyl groups is 1. The Morgan fingerprint density at radius 3 is 2.53 bits per heavy atom. The number of piperidine rings is 1. The maximum atomic E-state index is 14.8. The molecular formula is C28H32F3N3O4. The maximum Gasteiger partial charge on any atom is 0.303 e. The summed E-state index contributed by atoms with van der Waals surface area (Å²) in [5.41, 5.74) is 0.502. The number of hydrogen-bond acceptors (Lipinski definition) is 6. The quantitative estimate of drug-likeness (QED) is 0.315. The summed E-state index contributed by atoms with van der Waals surface area (Å²) in [7, 11) is 1.50. The molecule has 3 aromatic rings. The van der Waals surface area contributed by atoms with Crippen molar-refractivity contribution in [2.45, 2.75) is 38.2 Å². The zero-order valence-corrected chi connectivity index (χ0v) is 21.2. The molecule has 2 heterocycles. The van der Waals surface area contributed by atoms with E-state index in [-0.39, 0.29) is 18.4 Å². The number of ether oxygens (including phenoxy) is 1. The summed E-state index contributed by atoms with van der Waals surface area (Å²) in [5.74, 6) is -2.31. The molecule has 0 radical (unpaired) electrons. The number of rotatable bonds is 11. The summed E-state index contributed by atoms with van der Waals surface area (Å²) in [6, 6.07) is 8.33. The van der Waals surface area contributed by atoms with Gasteiger partial charge in [-0.3, -0.25) is 9.78 Å². The molecule has 204 valence electrons. The van der Waals surface area contributed by atoms with E-state index in [1.807, 2.05) is 0 Å². The van der Waals surface area contributed by atoms with E-state index in [0.29, 0.717) is 67.8 Å². The third kappa shape index (κ3) is 6.73. The third-order valence-corrected chi connectivity index (χ3v) is 7.41. The lowest BCUT2D eigenvalue weighted by Gasteiger charge is -2.41. The van der Waals surface area contributed by atoms with Crippen molar-refractivity contribution in [1.82, 2.24) is 9.88 Å². The molecule has 1 saturated heterocycles. The Balaban J connectivity index is 1.38. The second kappa shape index (κ2) is 12.0. The van der Waals surface area contributed by atoms with Gasteiger partial charge < -0.3 is 25.2 Å². The van der Waals surface area contributed by atoms with Crippen molar-refractivity contribution in [2.24, 2.45) is 5.41 Å². The molecule has 0 aliphatic carbocycles. The van der Waals surface area contributed by atoms with Crippen LogP contribution in [0.25, 0.3) is 10.9 Å². The lowest BCUT2D eigenvalue weighted by Crippen LogP contribution is -2.43. The average molecular weight is 532 g/mol. The number of aliphatic carboxylic acids is 1. The predicted molar refractivity (Wildman–Crippen MR) is 138 cm³/mol. The monoisotopic (exact) mass is 531 g/mol. The van der Waals surface area contributed by atoms with Gasteiger partial charge >= 0.3 is 5.97 Å². The number of halogens is 3. The molecule has 38 heavy (non-hydrogen) atoms. The molecule has 1 aliphatic rings. The lowest BCUT2D eigenvalue weighted by atomic mass is 9.71. The van der Waals surface area contributed by atoms with Gasteiger partial charge in [-0.15, -0.1) is 0 Å². The highest BCUT2D eigenvalue weighted by molar-refractivity contribution is 5.84. The van der Waals surface area contributed by atoms with Crippen molar-refractivity contribution >= 4 is 22.6 Å². The fourth-order valence-electron chi connectivity index (χ4n) is 5.32. The number of likely N-dealkylation sites (tertiary alicyclic amines) is 1. The summed E-state index contributed by atoms with van der Waals surface area (Å²) in [5, 5.41) is 24.1. The first kappa shape index (κ1) is 27.7. The van der Waals surface area contributed by atoms with Gasteiger partial charge in [-0.05, 0) is 74.5 Å². The highest BCUT2D eigenvalue weighted by atomic mass is 19.1. The van der Waals surface area contributed by atoms with E-state index < -0.39 is 34.9 Å². The van der Waals surface area contributed by atoms with Gasteiger partial charge in [-0.2, -0.15) is 0 Å². The SMILES string of the molecule is COc1ccc2ncc(F)c(C(O)CCC3(CC(=O)O)CCN(CCNc4cc(F)cc(F)c4)CC3)c2c1. The van der Waals surface area contributed by atoms with Gasteiger partial charge in [0.1, 0.15) is 23.2 Å². The van der Waals surface area contributed by atoms with Crippen molar-refractivity contribution in [2.75, 3.05) is 38.6 Å². The van der Waals surface area contributed by atoms with Crippen molar-refractivity contribution in [1.29, 1.82) is 0 Å². The number of carboxylic acid groups (broad SMARTS) is 1. The van der Waals surface area contributed by atoms with Crippen molar-refractivity contribution in [3.8, 4) is 5.75 Å². The lowest BCUT2D eigenvalue weighted by molar-refractivity contribution is -0.141. The van der Waals surface area contributed by atoms with Crippen LogP contribution in [0.2, 0.25) is 0 Å². The fraction of sp³-hybridized carbons (Fsp3) is 0.429. The second-order valence-electron chi connectivity index (χ2n) is 9.95. The molecule has 1 unspecified atom stereocenters. The largest absolute Gasteiger partial charge is 0.497 e. The normalized spacial score (nSPS) is 16.3. The molecule has 1 atom stereocenters. The number of methoxy groups -OCH3 is 1. The van der Waals surface area contributed by atoms with Crippen molar-refractivity contribution in [3.05, 3.63) is 65.6 Å². The Hall–Kier alpha value is -3.37. The van der Waals surface area contributed by atoms with Crippen LogP contribution in [-0.2, 0) is 4.79 Å². The van der Waals surface area contributed by atoms with E-state index in [9.17, 15) is 28.2 Å². The van der Waals surface area contributed by atoms with Crippen molar-refractivity contribution < 1.29 is 32.9 Å². The van der Waals surface area contributed by atoms with Crippen molar-refractivity contribution in [3.63, 3.8) is 0 Å². The van der Waals surface area contributed by atoms with Crippen LogP contribution in [0, 0.1) is 22.9 Å². The molecule has 1 aromatic heterocycles. The van der Waals surface area contributed by atoms with Crippen LogP contribution in [0.15, 0.2) is 42.6 Å². The molecular weight excluding hydrogens is 499 g/mol. The molecule has 0 amide bonds. The van der Waals surface area contributed by atoms with E-state index in [2.05, 4.69) is 15.2 Å². The first-order chi connectivity index (χ1) is 18.2. The highest BCUT2D eigenvalue weighted by Crippen LogP contribution is 2.42. The van der Waals surface area contributed by atoms with Crippen LogP contribution < -0.4 is 10.1 Å². The van der Waals surface area contributed by atoms with E-state index in [1.165, 1.54) is 19.2 Å². The Labute approximate surface area is 219 Å². The van der Waals surface area contributed by atoms with E-state index in [1.54, 1.807) is 18.2 Å². The second-order valence-corrected chi connectivity index (χ2v) is 9.95. The number of aromatic nitrogens is 1. The topological polar surface area (TPSA) is 94.9 Å². The number of benzene rings is 2. The fourth-order valence-corrected chi connectivity index (χ4v) is 5.32. The first-order valence-electron chi connectivity index (χ1n) is 12.6. The highest BCUT2D eigenvalue weighted by Gasteiger charge is 2.37. The molecule has 2 aromatic carbocycles. The van der Waals surface area contributed by atoms with Crippen LogP contribution in [0.5, 0.6) is 5.75 Å². The first-order valence-corrected chi connectivity index (χ1v) is 12.6. The van der Waals surface area contributed by atoms with Gasteiger partial charge in [0, 0.05) is 35.8 Å². The number of carboxylic acids is 1. The molecule has 1 fully saturated rings. The average Bonchev–Trinajstić information content (AvgIpc) is 2.87. The Morgan fingerprint density at radius 2 is 1.87 bits per heavy atom. The number of nitrogens with one attached hydrogen (secondary N) is 1. The molecule has 7 nitrogen and oxygen atoms in total. The smallest absolute Gasteiger partial charge is 0.303 e. The summed E-state index contributed by atoms with van der Waals surface area (Å²) in [6.07, 6.45) is 1.75. The van der Waals surface area contributed by atoms with Crippen LogP contribution in [0.1, 0.15) is 43.8 Å². The zero-order valence-electron chi connectivity index (χ0n) is 21.2. The Kier molecular flexibility index (Phi) is 8.73. The van der Waals surface area contributed by atoms with Gasteiger partial charge in [-0.1, -0.05) is 0 Å². The summed E-state index contributed by atoms with van der Waals surface area (Å²) < 4.78 is 46.8. The number of hydrogen-bond donors (Lipinski definition) is 3. The molecule has 0 bridgehead atoms. The van der Waals surface area contributed by atoms with E-state index in [0.717, 1.165) is 12.3 Å². The third-order valence-electron chi connectivity index (χ3n) is 7.41. The standard InChI is InChI=1S/C28H32F3N3O4/c1-38-21-2-3-24-22(15-21)27(23(31)17-33-24)25(35)4-5-28(16-26(36)37)6-9-34(10-7-28)11-8-32-20-13-18(29)12-19(30)14-20/h2-3,12-15,17,25,32,35H,4-11,16H2,1H3,(H,36,37). The predicted octanol–water partition coefficient (Wildman–Crippen LogP) is 5.14. The van der Waals surface area contributed by atoms with E-state index >= 15 is 0 Å². The molecule has 3 N–H and O–H groups in total. The Morgan fingerprint density at radius 1 is 1.16 bits per heavy atom. The molecule has 0 saturated carbocycles. The minimum absolute atomic E-state index is 0.0399. The van der Waals surface area contributed by atoms with Crippen LogP contribution in [-0.4, -0.2) is 59.4 Å². The summed E-state index contributed by atoms with van der Waals surface area (Å²) in [4.78, 5) is 18.0. The minimum atomic E-state index is -1.13. The summed E-state index contributed by atoms with van der Waals surface area (Å²) in [6.45, 7) is 2.39. The van der Waals surface area contributed by atoms with Gasteiger partial charge in [-0.25, -0.2) is 13.2 Å². The number of nitrogens with zero attached hydrogens (tertiary/aromatic N) is 2. The molecule has 10 heteroatoms. The number of aliphatic hydroxyl groups excluding tert-OH is 1. The number of fused-ring (bicyclic) bond motifs is 1. The maximum absolute atomic E-state index is 14.8. The number of pyridine rings is 1. The minimum Gasteiger partial charge on any atom is -0.497 e. The van der Waals surface area contributed by atoms with Gasteiger partial charge in [0.05, 0.1) is 31.3 Å². The molecule has 0 spiro atoms. The van der Waals surface area contributed by atoms with Gasteiger partial charge in [0.15, 0.2) is 0 Å². The van der Waals surface area contributed by atoms with Crippen LogP contribution in [0.3, 0.4) is 0 Å².